The van der Waals surface area contributed by atoms with Crippen LogP contribution in [0.15, 0.2) is 59.6 Å². The van der Waals surface area contributed by atoms with Gasteiger partial charge in [0.2, 0.25) is 11.8 Å². The second-order valence-corrected chi connectivity index (χ2v) is 9.15. The Morgan fingerprint density at radius 1 is 0.914 bits per heavy atom. The summed E-state index contributed by atoms with van der Waals surface area (Å²) >= 11 is 4.34. The SMILES string of the molecule is CCCC[C@@H](CS)C(=O)N[C@@H](CCCN=C(N)N)C(=O)Nc1ccc2cc3ccccc3cc2c1. The van der Waals surface area contributed by atoms with Crippen molar-refractivity contribution in [2.75, 3.05) is 17.6 Å². The summed E-state index contributed by atoms with van der Waals surface area (Å²) in [7, 11) is 0. The van der Waals surface area contributed by atoms with E-state index in [4.69, 9.17) is 11.5 Å². The molecule has 3 rings (SSSR count). The van der Waals surface area contributed by atoms with Crippen LogP contribution in [0.3, 0.4) is 0 Å². The highest BCUT2D eigenvalue weighted by atomic mass is 32.1. The normalized spacial score (nSPS) is 12.7. The smallest absolute Gasteiger partial charge is 0.246 e. The van der Waals surface area contributed by atoms with Gasteiger partial charge in [-0.05, 0) is 65.1 Å². The minimum atomic E-state index is -0.701. The number of unbranched alkanes of at least 4 members (excludes halogenated alkanes) is 1. The van der Waals surface area contributed by atoms with E-state index in [1.807, 2.05) is 30.3 Å². The van der Waals surface area contributed by atoms with Crippen molar-refractivity contribution >= 4 is 57.6 Å². The molecule has 2 atom stereocenters. The van der Waals surface area contributed by atoms with Crippen molar-refractivity contribution in [1.29, 1.82) is 0 Å². The molecule has 0 unspecified atom stereocenters. The number of aliphatic imine (C=N–C) groups is 1. The van der Waals surface area contributed by atoms with Gasteiger partial charge in [-0.3, -0.25) is 14.6 Å². The molecule has 0 saturated carbocycles. The third-order valence-electron chi connectivity index (χ3n) is 6.05. The van der Waals surface area contributed by atoms with Gasteiger partial charge in [0.25, 0.3) is 0 Å². The number of carbonyl (C=O) groups excluding carboxylic acids is 2. The Morgan fingerprint density at radius 3 is 2.26 bits per heavy atom. The zero-order valence-electron chi connectivity index (χ0n) is 20.2. The number of nitrogens with zero attached hydrogens (tertiary/aromatic N) is 1. The first kappa shape index (κ1) is 26.3. The summed E-state index contributed by atoms with van der Waals surface area (Å²) in [6, 6.07) is 17.5. The van der Waals surface area contributed by atoms with E-state index in [0.29, 0.717) is 30.8 Å². The van der Waals surface area contributed by atoms with Gasteiger partial charge in [0.1, 0.15) is 6.04 Å². The highest BCUT2D eigenvalue weighted by Gasteiger charge is 2.24. The fourth-order valence-electron chi connectivity index (χ4n) is 4.06. The van der Waals surface area contributed by atoms with Gasteiger partial charge < -0.3 is 22.1 Å². The van der Waals surface area contributed by atoms with E-state index in [9.17, 15) is 9.59 Å². The summed E-state index contributed by atoms with van der Waals surface area (Å²) in [5.41, 5.74) is 11.5. The van der Waals surface area contributed by atoms with E-state index >= 15 is 0 Å². The summed E-state index contributed by atoms with van der Waals surface area (Å²) in [5, 5.41) is 10.3. The van der Waals surface area contributed by atoms with Crippen LogP contribution in [0, 0.1) is 5.92 Å². The van der Waals surface area contributed by atoms with Crippen molar-refractivity contribution in [2.24, 2.45) is 22.4 Å². The molecule has 0 heterocycles. The fourth-order valence-corrected chi connectivity index (χ4v) is 4.41. The molecule has 0 aliphatic heterocycles. The van der Waals surface area contributed by atoms with Crippen LogP contribution in [0.4, 0.5) is 5.69 Å². The third kappa shape index (κ3) is 7.62. The zero-order valence-corrected chi connectivity index (χ0v) is 21.1. The molecule has 7 nitrogen and oxygen atoms in total. The third-order valence-corrected chi connectivity index (χ3v) is 6.49. The first-order chi connectivity index (χ1) is 16.9. The van der Waals surface area contributed by atoms with Crippen molar-refractivity contribution in [1.82, 2.24) is 5.32 Å². The van der Waals surface area contributed by atoms with Gasteiger partial charge in [0, 0.05) is 23.9 Å². The standard InChI is InChI=1S/C27H35N5O2S/c1-2-3-7-21(17-35)25(33)32-24(10-6-13-30-27(28)29)26(34)31-23-12-11-20-14-18-8-4-5-9-19(18)15-22(20)16-23/h4-5,8-9,11-12,14-16,21,24,35H,2-3,6-7,10,13,17H2,1H3,(H,31,34)(H,32,33)(H4,28,29,30)/t21-,24-/m0/s1. The Kier molecular flexibility index (Phi) is 9.78. The van der Waals surface area contributed by atoms with E-state index in [1.165, 1.54) is 5.39 Å². The van der Waals surface area contributed by atoms with Crippen molar-refractivity contribution < 1.29 is 9.59 Å². The first-order valence-corrected chi connectivity index (χ1v) is 12.7. The number of carbonyl (C=O) groups is 2. The molecule has 186 valence electrons. The fraction of sp³-hybridized carbons (Fsp3) is 0.370. The van der Waals surface area contributed by atoms with E-state index in [-0.39, 0.29) is 23.7 Å². The predicted octanol–water partition coefficient (Wildman–Crippen LogP) is 4.21. The Balaban J connectivity index is 1.75. The largest absolute Gasteiger partial charge is 0.370 e. The maximum Gasteiger partial charge on any atom is 0.246 e. The molecule has 6 N–H and O–H groups in total. The van der Waals surface area contributed by atoms with Gasteiger partial charge in [-0.25, -0.2) is 0 Å². The van der Waals surface area contributed by atoms with Gasteiger partial charge in [-0.2, -0.15) is 12.6 Å². The number of amides is 2. The summed E-state index contributed by atoms with van der Waals surface area (Å²) in [6.07, 6.45) is 3.65. The lowest BCUT2D eigenvalue weighted by Crippen LogP contribution is -2.46. The Bertz CT molecular complexity index is 1190. The highest BCUT2D eigenvalue weighted by Crippen LogP contribution is 2.25. The number of benzene rings is 3. The molecule has 0 aliphatic carbocycles. The van der Waals surface area contributed by atoms with Crippen LogP contribution in [-0.4, -0.2) is 36.1 Å². The molecule has 0 aliphatic rings. The van der Waals surface area contributed by atoms with Gasteiger partial charge in [0.05, 0.1) is 0 Å². The quantitative estimate of drug-likeness (QED) is 0.0853. The van der Waals surface area contributed by atoms with E-state index < -0.39 is 6.04 Å². The van der Waals surface area contributed by atoms with Crippen molar-refractivity contribution in [3.8, 4) is 0 Å². The molecule has 0 fully saturated rings. The number of nitrogens with two attached hydrogens (primary N) is 2. The number of hydrogen-bond donors (Lipinski definition) is 5. The van der Waals surface area contributed by atoms with Crippen LogP contribution in [0.1, 0.15) is 39.0 Å². The van der Waals surface area contributed by atoms with Crippen LogP contribution in [-0.2, 0) is 9.59 Å². The molecule has 0 saturated heterocycles. The first-order valence-electron chi connectivity index (χ1n) is 12.1. The maximum atomic E-state index is 13.2. The zero-order chi connectivity index (χ0) is 25.2. The average Bonchev–Trinajstić information content (AvgIpc) is 2.84. The molecule has 0 aromatic heterocycles. The Labute approximate surface area is 212 Å². The lowest BCUT2D eigenvalue weighted by molar-refractivity contribution is -0.129. The summed E-state index contributed by atoms with van der Waals surface area (Å²) in [6.45, 7) is 2.47. The van der Waals surface area contributed by atoms with Crippen molar-refractivity contribution in [2.45, 2.75) is 45.1 Å². The van der Waals surface area contributed by atoms with Gasteiger partial charge in [0.15, 0.2) is 5.96 Å². The predicted molar refractivity (Wildman–Crippen MR) is 149 cm³/mol. The monoisotopic (exact) mass is 493 g/mol. The van der Waals surface area contributed by atoms with Crippen molar-refractivity contribution in [3.63, 3.8) is 0 Å². The summed E-state index contributed by atoms with van der Waals surface area (Å²) in [5.74, 6) is -0.210. The number of rotatable bonds is 12. The molecule has 35 heavy (non-hydrogen) atoms. The van der Waals surface area contributed by atoms with Gasteiger partial charge >= 0.3 is 0 Å². The second kappa shape index (κ2) is 13.0. The molecule has 0 spiro atoms. The molecule has 3 aromatic rings. The summed E-state index contributed by atoms with van der Waals surface area (Å²) < 4.78 is 0. The Hall–Kier alpha value is -3.26. The number of hydrogen-bond acceptors (Lipinski definition) is 4. The molecular weight excluding hydrogens is 458 g/mol. The molecule has 3 aromatic carbocycles. The highest BCUT2D eigenvalue weighted by molar-refractivity contribution is 7.80. The second-order valence-electron chi connectivity index (χ2n) is 8.78. The van der Waals surface area contributed by atoms with Gasteiger partial charge in [-0.1, -0.05) is 50.1 Å². The van der Waals surface area contributed by atoms with Crippen LogP contribution >= 0.6 is 12.6 Å². The van der Waals surface area contributed by atoms with Crippen LogP contribution in [0.25, 0.3) is 21.5 Å². The van der Waals surface area contributed by atoms with Crippen LogP contribution in [0.5, 0.6) is 0 Å². The minimum absolute atomic E-state index is 0.00780. The van der Waals surface area contributed by atoms with Gasteiger partial charge in [-0.15, -0.1) is 0 Å². The van der Waals surface area contributed by atoms with Crippen LogP contribution < -0.4 is 22.1 Å². The number of guanidine groups is 1. The lowest BCUT2D eigenvalue weighted by atomic mass is 10.0. The molecular formula is C27H35N5O2S. The van der Waals surface area contributed by atoms with Crippen LogP contribution in [0.2, 0.25) is 0 Å². The number of thiol groups is 1. The molecule has 8 heteroatoms. The van der Waals surface area contributed by atoms with E-state index in [2.05, 4.69) is 59.4 Å². The molecule has 0 radical (unpaired) electrons. The summed E-state index contributed by atoms with van der Waals surface area (Å²) in [4.78, 5) is 30.1. The van der Waals surface area contributed by atoms with Crippen molar-refractivity contribution in [3.05, 3.63) is 54.6 Å². The van der Waals surface area contributed by atoms with E-state index in [0.717, 1.165) is 35.4 Å². The Morgan fingerprint density at radius 2 is 1.60 bits per heavy atom. The number of nitrogens with one attached hydrogen (secondary N) is 2. The average molecular weight is 494 g/mol. The van der Waals surface area contributed by atoms with E-state index in [1.54, 1.807) is 0 Å². The topological polar surface area (TPSA) is 123 Å². The maximum absolute atomic E-state index is 13.2. The molecule has 2 amide bonds. The minimum Gasteiger partial charge on any atom is -0.370 e. The number of anilines is 1. The molecule has 0 bridgehead atoms. The number of fused-ring (bicyclic) bond motifs is 2. The lowest BCUT2D eigenvalue weighted by Gasteiger charge is -2.22.